The van der Waals surface area contributed by atoms with Crippen molar-refractivity contribution in [2.45, 2.75) is 13.3 Å². The summed E-state index contributed by atoms with van der Waals surface area (Å²) in [5.41, 5.74) is 2.44. The number of rotatable bonds is 4. The molecule has 2 aromatic rings. The average molecular weight is 347 g/mol. The van der Waals surface area contributed by atoms with Gasteiger partial charge in [0, 0.05) is 17.5 Å². The Morgan fingerprint density at radius 3 is 2.76 bits per heavy atom. The number of hydrogen-bond donors (Lipinski definition) is 0. The van der Waals surface area contributed by atoms with E-state index in [-0.39, 0.29) is 5.78 Å². The van der Waals surface area contributed by atoms with Crippen LogP contribution in [-0.2, 0) is 6.42 Å². The molecule has 1 aliphatic heterocycles. The van der Waals surface area contributed by atoms with Crippen LogP contribution in [0.15, 0.2) is 40.9 Å². The molecular formula is C17H15BrO3. The molecule has 3 rings (SSSR count). The fourth-order valence-electron chi connectivity index (χ4n) is 2.41. The molecule has 1 aliphatic rings. The second kappa shape index (κ2) is 5.90. The molecule has 2 aromatic carbocycles. The van der Waals surface area contributed by atoms with Crippen LogP contribution in [0.3, 0.4) is 0 Å². The summed E-state index contributed by atoms with van der Waals surface area (Å²) < 4.78 is 11.7. The summed E-state index contributed by atoms with van der Waals surface area (Å²) in [5.74, 6) is 1.64. The van der Waals surface area contributed by atoms with Crippen LogP contribution < -0.4 is 9.47 Å². The maximum Gasteiger partial charge on any atom is 0.193 e. The number of ketones is 1. The summed E-state index contributed by atoms with van der Waals surface area (Å²) in [6.45, 7) is 3.22. The molecule has 0 amide bonds. The van der Waals surface area contributed by atoms with Gasteiger partial charge in [0.2, 0.25) is 0 Å². The van der Waals surface area contributed by atoms with Gasteiger partial charge in [0.25, 0.3) is 0 Å². The molecule has 0 radical (unpaired) electrons. The highest BCUT2D eigenvalue weighted by Crippen LogP contribution is 2.29. The summed E-state index contributed by atoms with van der Waals surface area (Å²) in [5, 5.41) is 0. The topological polar surface area (TPSA) is 35.5 Å². The first kappa shape index (κ1) is 14.1. The Bertz CT molecular complexity index is 694. The smallest absolute Gasteiger partial charge is 0.193 e. The zero-order valence-corrected chi connectivity index (χ0v) is 13.3. The van der Waals surface area contributed by atoms with E-state index >= 15 is 0 Å². The Balaban J connectivity index is 1.90. The van der Waals surface area contributed by atoms with Gasteiger partial charge in [-0.15, -0.1) is 0 Å². The number of halogens is 1. The number of carbonyl (C=O) groups is 1. The molecule has 0 spiro atoms. The van der Waals surface area contributed by atoms with Gasteiger partial charge in [0.15, 0.2) is 5.78 Å². The molecule has 4 heteroatoms. The molecule has 1 heterocycles. The van der Waals surface area contributed by atoms with Crippen LogP contribution in [0.2, 0.25) is 0 Å². The summed E-state index contributed by atoms with van der Waals surface area (Å²) in [6.07, 6.45) is 0.865. The van der Waals surface area contributed by atoms with Gasteiger partial charge in [0.05, 0.1) is 17.7 Å². The Morgan fingerprint density at radius 1 is 1.24 bits per heavy atom. The molecule has 0 saturated carbocycles. The third-order valence-corrected chi connectivity index (χ3v) is 4.07. The number of hydrogen-bond acceptors (Lipinski definition) is 3. The summed E-state index contributed by atoms with van der Waals surface area (Å²) in [4.78, 5) is 12.6. The van der Waals surface area contributed by atoms with E-state index in [0.717, 1.165) is 28.0 Å². The standard InChI is InChI=1S/C17H15BrO3/c1-2-20-16-6-4-13(10-14(16)18)17(19)12-3-5-15-11(9-12)7-8-21-15/h3-6,9-10H,2,7-8H2,1H3. The molecule has 0 saturated heterocycles. The Hall–Kier alpha value is -1.81. The van der Waals surface area contributed by atoms with E-state index in [0.29, 0.717) is 24.3 Å². The summed E-state index contributed by atoms with van der Waals surface area (Å²) in [6, 6.07) is 11.0. The third kappa shape index (κ3) is 2.81. The van der Waals surface area contributed by atoms with Crippen LogP contribution in [0.4, 0.5) is 0 Å². The number of ether oxygens (including phenoxy) is 2. The van der Waals surface area contributed by atoms with Crippen LogP contribution in [0, 0.1) is 0 Å². The first-order valence-corrected chi connectivity index (χ1v) is 7.71. The van der Waals surface area contributed by atoms with E-state index in [1.165, 1.54) is 0 Å². The first-order valence-electron chi connectivity index (χ1n) is 6.92. The average Bonchev–Trinajstić information content (AvgIpc) is 2.96. The molecule has 21 heavy (non-hydrogen) atoms. The molecule has 0 N–H and O–H groups in total. The Kier molecular flexibility index (Phi) is 3.97. The van der Waals surface area contributed by atoms with E-state index in [4.69, 9.17) is 9.47 Å². The van der Waals surface area contributed by atoms with Crippen molar-refractivity contribution < 1.29 is 14.3 Å². The highest BCUT2D eigenvalue weighted by Gasteiger charge is 2.16. The lowest BCUT2D eigenvalue weighted by molar-refractivity contribution is 0.103. The van der Waals surface area contributed by atoms with Crippen LogP contribution in [0.5, 0.6) is 11.5 Å². The largest absolute Gasteiger partial charge is 0.493 e. The second-order valence-corrected chi connectivity index (χ2v) is 5.68. The van der Waals surface area contributed by atoms with E-state index in [9.17, 15) is 4.79 Å². The maximum atomic E-state index is 12.6. The molecule has 0 bridgehead atoms. The molecule has 0 atom stereocenters. The number of fused-ring (bicyclic) bond motifs is 1. The molecule has 108 valence electrons. The second-order valence-electron chi connectivity index (χ2n) is 4.83. The van der Waals surface area contributed by atoms with Gasteiger partial charge in [0.1, 0.15) is 11.5 Å². The van der Waals surface area contributed by atoms with Gasteiger partial charge in [-0.1, -0.05) is 0 Å². The predicted octanol–water partition coefficient (Wildman–Crippen LogP) is 4.01. The van der Waals surface area contributed by atoms with E-state index in [2.05, 4.69) is 15.9 Å². The van der Waals surface area contributed by atoms with Gasteiger partial charge < -0.3 is 9.47 Å². The van der Waals surface area contributed by atoms with Crippen molar-refractivity contribution in [3.63, 3.8) is 0 Å². The lowest BCUT2D eigenvalue weighted by Crippen LogP contribution is -2.02. The Morgan fingerprint density at radius 2 is 2.00 bits per heavy atom. The SMILES string of the molecule is CCOc1ccc(C(=O)c2ccc3c(c2)CCO3)cc1Br. The van der Waals surface area contributed by atoms with Crippen molar-refractivity contribution in [1.29, 1.82) is 0 Å². The fourth-order valence-corrected chi connectivity index (χ4v) is 2.90. The minimum absolute atomic E-state index is 0.00782. The predicted molar refractivity (Wildman–Crippen MR) is 84.4 cm³/mol. The highest BCUT2D eigenvalue weighted by molar-refractivity contribution is 9.10. The number of benzene rings is 2. The van der Waals surface area contributed by atoms with Gasteiger partial charge in [-0.25, -0.2) is 0 Å². The zero-order valence-electron chi connectivity index (χ0n) is 11.7. The monoisotopic (exact) mass is 346 g/mol. The van der Waals surface area contributed by atoms with Gasteiger partial charge in [-0.05, 0) is 64.8 Å². The normalized spacial score (nSPS) is 12.7. The van der Waals surface area contributed by atoms with Crippen molar-refractivity contribution in [3.8, 4) is 11.5 Å². The van der Waals surface area contributed by atoms with Crippen LogP contribution in [0.1, 0.15) is 28.4 Å². The molecule has 0 fully saturated rings. The fraction of sp³-hybridized carbons (Fsp3) is 0.235. The molecule has 0 aliphatic carbocycles. The molecule has 3 nitrogen and oxygen atoms in total. The van der Waals surface area contributed by atoms with E-state index in [1.807, 2.05) is 31.2 Å². The van der Waals surface area contributed by atoms with Crippen LogP contribution >= 0.6 is 15.9 Å². The van der Waals surface area contributed by atoms with Crippen molar-refractivity contribution in [2.24, 2.45) is 0 Å². The van der Waals surface area contributed by atoms with Gasteiger partial charge in [-0.2, -0.15) is 0 Å². The highest BCUT2D eigenvalue weighted by atomic mass is 79.9. The summed E-state index contributed by atoms with van der Waals surface area (Å²) in [7, 11) is 0. The number of carbonyl (C=O) groups excluding carboxylic acids is 1. The Labute approximate surface area is 132 Å². The van der Waals surface area contributed by atoms with Crippen molar-refractivity contribution in [2.75, 3.05) is 13.2 Å². The van der Waals surface area contributed by atoms with Crippen LogP contribution in [-0.4, -0.2) is 19.0 Å². The molecule has 0 aromatic heterocycles. The van der Waals surface area contributed by atoms with E-state index < -0.39 is 0 Å². The van der Waals surface area contributed by atoms with Gasteiger partial charge >= 0.3 is 0 Å². The molecular weight excluding hydrogens is 332 g/mol. The van der Waals surface area contributed by atoms with Crippen LogP contribution in [0.25, 0.3) is 0 Å². The molecule has 0 unspecified atom stereocenters. The van der Waals surface area contributed by atoms with E-state index in [1.54, 1.807) is 12.1 Å². The lowest BCUT2D eigenvalue weighted by atomic mass is 10.0. The van der Waals surface area contributed by atoms with Crippen molar-refractivity contribution >= 4 is 21.7 Å². The van der Waals surface area contributed by atoms with Gasteiger partial charge in [-0.3, -0.25) is 4.79 Å². The lowest BCUT2D eigenvalue weighted by Gasteiger charge is -2.08. The summed E-state index contributed by atoms with van der Waals surface area (Å²) >= 11 is 3.44. The van der Waals surface area contributed by atoms with Crippen molar-refractivity contribution in [1.82, 2.24) is 0 Å². The minimum Gasteiger partial charge on any atom is -0.493 e. The minimum atomic E-state index is 0.00782. The first-order chi connectivity index (χ1) is 10.2. The van der Waals surface area contributed by atoms with Crippen molar-refractivity contribution in [3.05, 3.63) is 57.6 Å². The zero-order chi connectivity index (χ0) is 14.8. The third-order valence-electron chi connectivity index (χ3n) is 3.45. The quantitative estimate of drug-likeness (QED) is 0.784. The maximum absolute atomic E-state index is 12.6.